The van der Waals surface area contributed by atoms with Crippen LogP contribution in [0.15, 0.2) is 6.07 Å². The van der Waals surface area contributed by atoms with E-state index in [1.165, 1.54) is 15.3 Å². The van der Waals surface area contributed by atoms with Gasteiger partial charge < -0.3 is 0 Å². The number of hydrogen-bond acceptors (Lipinski definition) is 4. The van der Waals surface area contributed by atoms with E-state index in [9.17, 15) is 9.59 Å². The molecule has 0 bridgehead atoms. The van der Waals surface area contributed by atoms with Crippen LogP contribution in [-0.2, 0) is 16.0 Å². The number of thiophene rings is 1. The molecule has 1 aliphatic heterocycles. The molecule has 2 atom stereocenters. The molecule has 1 N–H and O–H groups in total. The quantitative estimate of drug-likeness (QED) is 0.851. The largest absolute Gasteiger partial charge is 0.299 e. The number of nitrogens with zero attached hydrogens (tertiary/aromatic N) is 1. The Morgan fingerprint density at radius 2 is 2.05 bits per heavy atom. The Labute approximate surface area is 120 Å². The summed E-state index contributed by atoms with van der Waals surface area (Å²) in [5, 5.41) is 3.39. The van der Waals surface area contributed by atoms with E-state index >= 15 is 0 Å². The van der Waals surface area contributed by atoms with Gasteiger partial charge in [0.05, 0.1) is 10.4 Å². The second-order valence-corrected chi connectivity index (χ2v) is 6.84. The highest BCUT2D eigenvalue weighted by atomic mass is 35.5. The van der Waals surface area contributed by atoms with Crippen LogP contribution in [0.4, 0.5) is 0 Å². The van der Waals surface area contributed by atoms with Gasteiger partial charge in [-0.15, -0.1) is 11.3 Å². The van der Waals surface area contributed by atoms with Gasteiger partial charge in [-0.05, 0) is 30.9 Å². The van der Waals surface area contributed by atoms with Gasteiger partial charge in [0, 0.05) is 24.4 Å². The predicted octanol–water partition coefficient (Wildman–Crippen LogP) is 2.13. The van der Waals surface area contributed by atoms with Gasteiger partial charge in [0.2, 0.25) is 11.8 Å². The summed E-state index contributed by atoms with van der Waals surface area (Å²) in [6, 6.07) is 1.93. The van der Waals surface area contributed by atoms with Crippen LogP contribution in [0.25, 0.3) is 0 Å². The highest BCUT2D eigenvalue weighted by Gasteiger charge is 2.35. The second kappa shape index (κ2) is 4.89. The van der Waals surface area contributed by atoms with Crippen molar-refractivity contribution in [3.63, 3.8) is 0 Å². The number of rotatable bonds is 2. The SMILES string of the molecule is CN1C(=O)CCC(NC2CCc3sc(Cl)cc32)C1=O. The first-order valence-electron chi connectivity index (χ1n) is 6.41. The fraction of sp³-hybridized carbons (Fsp3) is 0.538. The molecule has 0 aromatic carbocycles. The van der Waals surface area contributed by atoms with Crippen LogP contribution in [0.2, 0.25) is 4.34 Å². The lowest BCUT2D eigenvalue weighted by atomic mass is 10.0. The van der Waals surface area contributed by atoms with Crippen LogP contribution in [0.1, 0.15) is 35.7 Å². The summed E-state index contributed by atoms with van der Waals surface area (Å²) < 4.78 is 0.804. The molecule has 1 saturated heterocycles. The number of amides is 2. The van der Waals surface area contributed by atoms with Crippen molar-refractivity contribution in [2.24, 2.45) is 0 Å². The second-order valence-electron chi connectivity index (χ2n) is 5.07. The number of carbonyl (C=O) groups excluding carboxylic acids is 2. The topological polar surface area (TPSA) is 49.4 Å². The van der Waals surface area contributed by atoms with Crippen LogP contribution in [0, 0.1) is 0 Å². The molecule has 19 heavy (non-hydrogen) atoms. The van der Waals surface area contributed by atoms with Crippen molar-refractivity contribution in [3.05, 3.63) is 20.8 Å². The van der Waals surface area contributed by atoms with E-state index in [1.54, 1.807) is 18.4 Å². The molecule has 1 fully saturated rings. The molecule has 0 radical (unpaired) electrons. The van der Waals surface area contributed by atoms with Crippen LogP contribution in [-0.4, -0.2) is 29.8 Å². The van der Waals surface area contributed by atoms with E-state index in [-0.39, 0.29) is 23.9 Å². The van der Waals surface area contributed by atoms with Crippen molar-refractivity contribution in [2.75, 3.05) is 7.05 Å². The molecule has 1 aromatic heterocycles. The van der Waals surface area contributed by atoms with Gasteiger partial charge in [-0.2, -0.15) is 0 Å². The molecule has 1 aliphatic carbocycles. The van der Waals surface area contributed by atoms with Gasteiger partial charge in [-0.1, -0.05) is 11.6 Å². The number of piperidine rings is 1. The van der Waals surface area contributed by atoms with Crippen LogP contribution in [0.5, 0.6) is 0 Å². The summed E-state index contributed by atoms with van der Waals surface area (Å²) in [4.78, 5) is 26.1. The minimum absolute atomic E-state index is 0.0891. The summed E-state index contributed by atoms with van der Waals surface area (Å²) in [6.45, 7) is 0. The smallest absolute Gasteiger partial charge is 0.246 e. The van der Waals surface area contributed by atoms with Gasteiger partial charge in [0.15, 0.2) is 0 Å². The first kappa shape index (κ1) is 13.1. The molecule has 0 spiro atoms. The third kappa shape index (κ3) is 2.30. The highest BCUT2D eigenvalue weighted by Crippen LogP contribution is 2.39. The minimum Gasteiger partial charge on any atom is -0.299 e. The van der Waals surface area contributed by atoms with E-state index in [0.29, 0.717) is 12.8 Å². The number of imide groups is 1. The number of likely N-dealkylation sites (tertiary alicyclic amines) is 1. The van der Waals surface area contributed by atoms with Crippen LogP contribution >= 0.6 is 22.9 Å². The first-order chi connectivity index (χ1) is 9.06. The number of nitrogens with one attached hydrogen (secondary N) is 1. The van der Waals surface area contributed by atoms with Crippen molar-refractivity contribution in [1.29, 1.82) is 0 Å². The van der Waals surface area contributed by atoms with Crippen molar-refractivity contribution in [2.45, 2.75) is 37.8 Å². The minimum atomic E-state index is -0.252. The van der Waals surface area contributed by atoms with E-state index in [0.717, 1.165) is 17.2 Å². The van der Waals surface area contributed by atoms with Crippen molar-refractivity contribution >= 4 is 34.8 Å². The average molecular weight is 299 g/mol. The zero-order valence-corrected chi connectivity index (χ0v) is 12.2. The number of halogens is 1. The Morgan fingerprint density at radius 1 is 1.32 bits per heavy atom. The molecule has 2 unspecified atom stereocenters. The predicted molar refractivity (Wildman–Crippen MR) is 74.3 cm³/mol. The summed E-state index contributed by atoms with van der Waals surface area (Å²) in [6.07, 6.45) is 3.04. The summed E-state index contributed by atoms with van der Waals surface area (Å²) in [5.74, 6) is -0.209. The molecular formula is C13H15ClN2O2S. The Morgan fingerprint density at radius 3 is 2.84 bits per heavy atom. The maximum absolute atomic E-state index is 12.1. The van der Waals surface area contributed by atoms with Crippen molar-refractivity contribution in [3.8, 4) is 0 Å². The number of likely N-dealkylation sites (N-methyl/N-ethyl adjacent to an activating group) is 1. The Kier molecular flexibility index (Phi) is 3.37. The Hall–Kier alpha value is -0.910. The molecule has 0 saturated carbocycles. The molecule has 4 nitrogen and oxygen atoms in total. The van der Waals surface area contributed by atoms with Gasteiger partial charge in [-0.3, -0.25) is 19.8 Å². The first-order valence-corrected chi connectivity index (χ1v) is 7.60. The lowest BCUT2D eigenvalue weighted by Gasteiger charge is -2.30. The number of carbonyl (C=O) groups is 2. The van der Waals surface area contributed by atoms with E-state index < -0.39 is 0 Å². The molecular weight excluding hydrogens is 284 g/mol. The maximum Gasteiger partial charge on any atom is 0.246 e. The molecule has 3 rings (SSSR count). The Balaban J connectivity index is 1.73. The van der Waals surface area contributed by atoms with Gasteiger partial charge in [0.1, 0.15) is 0 Å². The summed E-state index contributed by atoms with van der Waals surface area (Å²) >= 11 is 7.65. The zero-order chi connectivity index (χ0) is 13.6. The average Bonchev–Trinajstić information content (AvgIpc) is 2.90. The number of hydrogen-bond donors (Lipinski definition) is 1. The monoisotopic (exact) mass is 298 g/mol. The van der Waals surface area contributed by atoms with Gasteiger partial charge in [0.25, 0.3) is 0 Å². The Bertz CT molecular complexity index is 543. The highest BCUT2D eigenvalue weighted by molar-refractivity contribution is 7.16. The lowest BCUT2D eigenvalue weighted by molar-refractivity contribution is -0.148. The zero-order valence-electron chi connectivity index (χ0n) is 10.6. The van der Waals surface area contributed by atoms with E-state index in [2.05, 4.69) is 5.32 Å². The molecule has 2 aliphatic rings. The maximum atomic E-state index is 12.1. The molecule has 2 amide bonds. The standard InChI is InChI=1S/C13H15ClN2O2S/c1-16-12(17)5-3-9(13(16)18)15-8-2-4-10-7(8)6-11(14)19-10/h6,8-9,15H,2-5H2,1H3. The molecule has 2 heterocycles. The third-order valence-electron chi connectivity index (χ3n) is 3.90. The number of aryl methyl sites for hydroxylation is 1. The van der Waals surface area contributed by atoms with Crippen molar-refractivity contribution < 1.29 is 9.59 Å². The van der Waals surface area contributed by atoms with Gasteiger partial charge >= 0.3 is 0 Å². The van der Waals surface area contributed by atoms with E-state index in [4.69, 9.17) is 11.6 Å². The molecule has 1 aromatic rings. The molecule has 6 heteroatoms. The van der Waals surface area contributed by atoms with Crippen LogP contribution < -0.4 is 5.32 Å². The molecule has 102 valence electrons. The fourth-order valence-electron chi connectivity index (χ4n) is 2.82. The third-order valence-corrected chi connectivity index (χ3v) is 5.24. The number of fused-ring (bicyclic) bond motifs is 1. The lowest BCUT2D eigenvalue weighted by Crippen LogP contribution is -2.51. The van der Waals surface area contributed by atoms with Crippen LogP contribution in [0.3, 0.4) is 0 Å². The normalized spacial score (nSPS) is 26.9. The van der Waals surface area contributed by atoms with E-state index in [1.807, 2.05) is 6.07 Å². The van der Waals surface area contributed by atoms with Crippen molar-refractivity contribution in [1.82, 2.24) is 10.2 Å². The summed E-state index contributed by atoms with van der Waals surface area (Å²) in [7, 11) is 1.56. The van der Waals surface area contributed by atoms with Gasteiger partial charge in [-0.25, -0.2) is 0 Å². The fourth-order valence-corrected chi connectivity index (χ4v) is 4.17. The summed E-state index contributed by atoms with van der Waals surface area (Å²) in [5.41, 5.74) is 1.22.